The van der Waals surface area contributed by atoms with Gasteiger partial charge in [0.25, 0.3) is 0 Å². The first-order chi connectivity index (χ1) is 16.6. The summed E-state index contributed by atoms with van der Waals surface area (Å²) in [6, 6.07) is 29.1. The molecule has 1 aliphatic rings. The Morgan fingerprint density at radius 3 is 2.18 bits per heavy atom. The minimum Gasteiger partial charge on any atom is -0.496 e. The molecule has 0 amide bonds. The largest absolute Gasteiger partial charge is 0.496 e. The van der Waals surface area contributed by atoms with E-state index in [1.807, 2.05) is 36.4 Å². The molecule has 0 saturated heterocycles. The van der Waals surface area contributed by atoms with Crippen molar-refractivity contribution in [2.45, 2.75) is 38.0 Å². The lowest BCUT2D eigenvalue weighted by Crippen LogP contribution is -2.46. The van der Waals surface area contributed by atoms with Gasteiger partial charge in [0, 0.05) is 35.4 Å². The number of carbonyl (C=O) groups excluding carboxylic acids is 1. The molecule has 2 atom stereocenters. The Kier molecular flexibility index (Phi) is 7.42. The summed E-state index contributed by atoms with van der Waals surface area (Å²) < 4.78 is 5.42. The number of ether oxygens (including phenoxy) is 1. The van der Waals surface area contributed by atoms with Gasteiger partial charge in [0.1, 0.15) is 11.5 Å². The van der Waals surface area contributed by atoms with E-state index in [4.69, 9.17) is 10.1 Å². The lowest BCUT2D eigenvalue weighted by molar-refractivity contribution is -0.128. The molecule has 1 N–H and O–H groups in total. The van der Waals surface area contributed by atoms with Crippen LogP contribution in [0.25, 0.3) is 0 Å². The second kappa shape index (κ2) is 10.6. The molecule has 0 bridgehead atoms. The Labute approximate surface area is 203 Å². The van der Waals surface area contributed by atoms with Crippen LogP contribution in [0.4, 0.5) is 0 Å². The van der Waals surface area contributed by atoms with E-state index in [9.17, 15) is 4.79 Å². The zero-order valence-corrected chi connectivity index (χ0v) is 20.0. The van der Waals surface area contributed by atoms with Crippen LogP contribution >= 0.6 is 0 Å². The van der Waals surface area contributed by atoms with Crippen molar-refractivity contribution in [1.29, 1.82) is 5.41 Å². The smallest absolute Gasteiger partial charge is 0.136 e. The number of hydrogen-bond donors (Lipinski definition) is 1. The van der Waals surface area contributed by atoms with Gasteiger partial charge in [-0.05, 0) is 42.0 Å². The molecule has 34 heavy (non-hydrogen) atoms. The number of Topliss-reactive ketones (excluding diaryl/α,β-unsaturated/α-hetero) is 1. The fourth-order valence-electron chi connectivity index (χ4n) is 5.61. The number of methoxy groups -OCH3 is 1. The van der Waals surface area contributed by atoms with Crippen LogP contribution < -0.4 is 4.74 Å². The molecule has 0 unspecified atom stereocenters. The molecule has 0 spiro atoms. The summed E-state index contributed by atoms with van der Waals surface area (Å²) in [6.45, 7) is 2.23. The summed E-state index contributed by atoms with van der Waals surface area (Å²) in [7, 11) is 1.65. The van der Waals surface area contributed by atoms with Crippen molar-refractivity contribution in [1.82, 2.24) is 0 Å². The zero-order chi connectivity index (χ0) is 24.0. The quantitative estimate of drug-likeness (QED) is 0.383. The molecule has 3 nitrogen and oxygen atoms in total. The molecule has 1 saturated carbocycles. The molecule has 3 aromatic rings. The van der Waals surface area contributed by atoms with Gasteiger partial charge in [-0.2, -0.15) is 0 Å². The van der Waals surface area contributed by atoms with Crippen LogP contribution in [-0.4, -0.2) is 18.6 Å². The van der Waals surface area contributed by atoms with Crippen molar-refractivity contribution in [2.75, 3.05) is 7.11 Å². The van der Waals surface area contributed by atoms with E-state index in [2.05, 4.69) is 67.6 Å². The molecule has 0 aromatic heterocycles. The van der Waals surface area contributed by atoms with Gasteiger partial charge in [-0.1, -0.05) is 91.9 Å². The van der Waals surface area contributed by atoms with Crippen LogP contribution in [0.1, 0.15) is 42.9 Å². The van der Waals surface area contributed by atoms with E-state index in [-0.39, 0.29) is 17.3 Å². The van der Waals surface area contributed by atoms with Crippen LogP contribution in [0.2, 0.25) is 0 Å². The Morgan fingerprint density at radius 1 is 0.971 bits per heavy atom. The van der Waals surface area contributed by atoms with Gasteiger partial charge < -0.3 is 10.1 Å². The molecular weight excluding hydrogens is 418 g/mol. The van der Waals surface area contributed by atoms with Gasteiger partial charge >= 0.3 is 0 Å². The predicted molar refractivity (Wildman–Crippen MR) is 139 cm³/mol. The number of para-hydroxylation sites is 1. The molecule has 4 rings (SSSR count). The summed E-state index contributed by atoms with van der Waals surface area (Å²) in [4.78, 5) is 13.1. The summed E-state index contributed by atoms with van der Waals surface area (Å²) in [5, 5.41) is 8.44. The average molecular weight is 452 g/mol. The summed E-state index contributed by atoms with van der Waals surface area (Å²) >= 11 is 0. The van der Waals surface area contributed by atoms with Gasteiger partial charge in [0.05, 0.1) is 7.11 Å². The number of carbonyl (C=O) groups is 1. The average Bonchev–Trinajstić information content (AvgIpc) is 2.88. The summed E-state index contributed by atoms with van der Waals surface area (Å²) in [5.41, 5.74) is 3.87. The zero-order valence-electron chi connectivity index (χ0n) is 20.0. The van der Waals surface area contributed by atoms with Gasteiger partial charge in [-0.3, -0.25) is 4.79 Å². The van der Waals surface area contributed by atoms with Crippen molar-refractivity contribution in [3.8, 4) is 5.75 Å². The van der Waals surface area contributed by atoms with Crippen molar-refractivity contribution >= 4 is 11.5 Å². The standard InChI is InChI=1S/C31H33NO2/c1-23-28(18-11-17-27(32)22-24-12-9-10-19-30(24)34-2)29(33)20-21-31(23,25-13-5-3-6-14-25)26-15-7-4-8-16-26/h3-17,19,23,28,32H,18,20-22H2,1-2H3/b17-11+,32-27?/t23-,28+/m0/s1. The molecule has 1 aliphatic carbocycles. The first-order valence-electron chi connectivity index (χ1n) is 12.1. The molecule has 0 heterocycles. The van der Waals surface area contributed by atoms with Crippen molar-refractivity contribution in [3.63, 3.8) is 0 Å². The molecule has 174 valence electrons. The third kappa shape index (κ3) is 4.75. The molecule has 0 radical (unpaired) electrons. The monoisotopic (exact) mass is 451 g/mol. The number of rotatable bonds is 8. The Morgan fingerprint density at radius 2 is 1.56 bits per heavy atom. The molecular formula is C31H33NO2. The molecule has 0 aliphatic heterocycles. The van der Waals surface area contributed by atoms with Gasteiger partial charge in [-0.15, -0.1) is 0 Å². The van der Waals surface area contributed by atoms with Crippen LogP contribution in [0, 0.1) is 17.2 Å². The summed E-state index contributed by atoms with van der Waals surface area (Å²) in [5.74, 6) is 1.19. The minimum atomic E-state index is -0.195. The van der Waals surface area contributed by atoms with Crippen LogP contribution in [0.15, 0.2) is 97.1 Å². The van der Waals surface area contributed by atoms with E-state index >= 15 is 0 Å². The van der Waals surface area contributed by atoms with E-state index < -0.39 is 0 Å². The fraction of sp³-hybridized carbons (Fsp3) is 0.290. The Balaban J connectivity index is 1.56. The fourth-order valence-corrected chi connectivity index (χ4v) is 5.61. The second-order valence-electron chi connectivity index (χ2n) is 9.22. The summed E-state index contributed by atoms with van der Waals surface area (Å²) in [6.07, 6.45) is 6.43. The maximum absolute atomic E-state index is 13.1. The highest BCUT2D eigenvalue weighted by Gasteiger charge is 2.48. The van der Waals surface area contributed by atoms with Crippen LogP contribution in [-0.2, 0) is 16.6 Å². The van der Waals surface area contributed by atoms with Crippen LogP contribution in [0.5, 0.6) is 5.75 Å². The number of allylic oxidation sites excluding steroid dienone is 2. The highest BCUT2D eigenvalue weighted by atomic mass is 16.5. The second-order valence-corrected chi connectivity index (χ2v) is 9.22. The van der Waals surface area contributed by atoms with Gasteiger partial charge in [0.15, 0.2) is 0 Å². The number of nitrogens with one attached hydrogen (secondary N) is 1. The third-order valence-corrected chi connectivity index (χ3v) is 7.42. The first-order valence-corrected chi connectivity index (χ1v) is 12.1. The van der Waals surface area contributed by atoms with E-state index in [1.54, 1.807) is 7.11 Å². The van der Waals surface area contributed by atoms with Crippen molar-refractivity contribution in [2.24, 2.45) is 11.8 Å². The van der Waals surface area contributed by atoms with Crippen molar-refractivity contribution in [3.05, 3.63) is 114 Å². The minimum absolute atomic E-state index is 0.0792. The first kappa shape index (κ1) is 23.7. The normalized spacial score (nSPS) is 19.8. The maximum Gasteiger partial charge on any atom is 0.136 e. The van der Waals surface area contributed by atoms with Crippen molar-refractivity contribution < 1.29 is 9.53 Å². The highest BCUT2D eigenvalue weighted by molar-refractivity contribution is 5.94. The third-order valence-electron chi connectivity index (χ3n) is 7.42. The number of hydrogen-bond acceptors (Lipinski definition) is 3. The highest BCUT2D eigenvalue weighted by Crippen LogP contribution is 2.50. The lowest BCUT2D eigenvalue weighted by Gasteiger charge is -2.47. The molecule has 3 heteroatoms. The van der Waals surface area contributed by atoms with E-state index in [0.717, 1.165) is 17.7 Å². The number of benzene rings is 3. The Hall–Kier alpha value is -3.46. The predicted octanol–water partition coefficient (Wildman–Crippen LogP) is 6.81. The van der Waals surface area contributed by atoms with Gasteiger partial charge in [-0.25, -0.2) is 0 Å². The van der Waals surface area contributed by atoms with Crippen LogP contribution in [0.3, 0.4) is 0 Å². The lowest BCUT2D eigenvalue weighted by atomic mass is 9.55. The van der Waals surface area contributed by atoms with Gasteiger partial charge in [0.2, 0.25) is 0 Å². The Bertz CT molecular complexity index is 1110. The maximum atomic E-state index is 13.1. The van der Waals surface area contributed by atoms with E-state index in [1.165, 1.54) is 11.1 Å². The molecule has 3 aromatic carbocycles. The SMILES string of the molecule is COc1ccccc1CC(=N)/C=C/C[C@H]1C(=O)CCC(c2ccccc2)(c2ccccc2)[C@H]1C. The van der Waals surface area contributed by atoms with E-state index in [0.29, 0.717) is 30.8 Å². The topological polar surface area (TPSA) is 50.1 Å². The molecule has 1 fully saturated rings. The number of ketones is 1.